The van der Waals surface area contributed by atoms with E-state index >= 15 is 0 Å². The number of amides is 1. The van der Waals surface area contributed by atoms with Gasteiger partial charge in [-0.25, -0.2) is 14.6 Å². The Morgan fingerprint density at radius 2 is 2.10 bits per heavy atom. The number of para-hydroxylation sites is 1. The third kappa shape index (κ3) is 4.72. The number of nitrogens with zero attached hydrogens (tertiary/aromatic N) is 4. The number of carbonyl (C=O) groups excluding carboxylic acids is 1. The highest BCUT2D eigenvalue weighted by molar-refractivity contribution is 7.13. The molecule has 0 bridgehead atoms. The molecule has 0 saturated carbocycles. The fourth-order valence-corrected chi connectivity index (χ4v) is 3.81. The molecule has 0 radical (unpaired) electrons. The summed E-state index contributed by atoms with van der Waals surface area (Å²) >= 11 is 1.51. The van der Waals surface area contributed by atoms with E-state index in [2.05, 4.69) is 20.4 Å². The zero-order valence-electron chi connectivity index (χ0n) is 16.5. The monoisotopic (exact) mass is 419 g/mol. The van der Waals surface area contributed by atoms with Gasteiger partial charge < -0.3 is 10.1 Å². The van der Waals surface area contributed by atoms with Crippen molar-refractivity contribution in [2.75, 3.05) is 6.61 Å². The standard InChI is InChI=1S/C22H21N5O2S/c1-2-29-19-7-4-3-6-18(19)22-26-17(15-30-22)13-21(28)24-14-16-8-10-23-20(12-16)27-11-5-9-25-27/h3-12,15H,2,13-14H2,1H3,(H,24,28). The smallest absolute Gasteiger partial charge is 0.226 e. The maximum atomic E-state index is 12.4. The molecule has 0 fully saturated rings. The number of carbonyl (C=O) groups is 1. The molecule has 8 heteroatoms. The molecule has 3 aromatic heterocycles. The molecule has 7 nitrogen and oxygen atoms in total. The van der Waals surface area contributed by atoms with Crippen LogP contribution in [-0.4, -0.2) is 32.3 Å². The molecule has 4 aromatic rings. The highest BCUT2D eigenvalue weighted by Crippen LogP contribution is 2.32. The first-order chi connectivity index (χ1) is 14.7. The van der Waals surface area contributed by atoms with Crippen molar-refractivity contribution in [3.05, 3.63) is 77.7 Å². The van der Waals surface area contributed by atoms with E-state index in [1.54, 1.807) is 17.1 Å². The Labute approximate surface area is 178 Å². The third-order valence-electron chi connectivity index (χ3n) is 4.35. The summed E-state index contributed by atoms with van der Waals surface area (Å²) in [6.07, 6.45) is 5.46. The van der Waals surface area contributed by atoms with Gasteiger partial charge in [0, 0.05) is 30.5 Å². The van der Waals surface area contributed by atoms with Crippen LogP contribution in [0.1, 0.15) is 18.2 Å². The normalized spacial score (nSPS) is 10.7. The van der Waals surface area contributed by atoms with Crippen LogP contribution in [0.4, 0.5) is 0 Å². The number of benzene rings is 1. The first-order valence-electron chi connectivity index (χ1n) is 9.61. The van der Waals surface area contributed by atoms with Crippen LogP contribution in [0.3, 0.4) is 0 Å². The van der Waals surface area contributed by atoms with Crippen molar-refractivity contribution >= 4 is 17.2 Å². The lowest BCUT2D eigenvalue weighted by molar-refractivity contribution is -0.120. The van der Waals surface area contributed by atoms with E-state index in [-0.39, 0.29) is 12.3 Å². The second-order valence-corrected chi connectivity index (χ2v) is 7.36. The fraction of sp³-hybridized carbons (Fsp3) is 0.182. The molecule has 0 atom stereocenters. The van der Waals surface area contributed by atoms with Gasteiger partial charge >= 0.3 is 0 Å². The quantitative estimate of drug-likeness (QED) is 0.471. The number of pyridine rings is 1. The summed E-state index contributed by atoms with van der Waals surface area (Å²) in [5.41, 5.74) is 2.64. The first kappa shape index (κ1) is 19.8. The lowest BCUT2D eigenvalue weighted by atomic mass is 10.2. The van der Waals surface area contributed by atoms with E-state index in [1.165, 1.54) is 11.3 Å². The molecule has 1 N–H and O–H groups in total. The van der Waals surface area contributed by atoms with Crippen LogP contribution in [0.15, 0.2) is 66.4 Å². The summed E-state index contributed by atoms with van der Waals surface area (Å²) in [5, 5.41) is 9.88. The summed E-state index contributed by atoms with van der Waals surface area (Å²) in [5.74, 6) is 1.43. The van der Waals surface area contributed by atoms with Gasteiger partial charge in [0.15, 0.2) is 5.82 Å². The Morgan fingerprint density at radius 3 is 2.93 bits per heavy atom. The number of thiazole rings is 1. The molecule has 1 amide bonds. The van der Waals surface area contributed by atoms with Gasteiger partial charge in [0.05, 0.1) is 24.3 Å². The van der Waals surface area contributed by atoms with Gasteiger partial charge in [-0.1, -0.05) is 12.1 Å². The molecule has 0 unspecified atom stereocenters. The predicted molar refractivity (Wildman–Crippen MR) is 116 cm³/mol. The van der Waals surface area contributed by atoms with Crippen molar-refractivity contribution in [1.82, 2.24) is 25.1 Å². The van der Waals surface area contributed by atoms with Gasteiger partial charge in [0.2, 0.25) is 5.91 Å². The van der Waals surface area contributed by atoms with Crippen LogP contribution in [-0.2, 0) is 17.8 Å². The zero-order chi connectivity index (χ0) is 20.8. The molecule has 4 rings (SSSR count). The maximum absolute atomic E-state index is 12.4. The van der Waals surface area contributed by atoms with E-state index < -0.39 is 0 Å². The van der Waals surface area contributed by atoms with Gasteiger partial charge in [0.1, 0.15) is 10.8 Å². The topological polar surface area (TPSA) is 81.9 Å². The molecule has 0 aliphatic heterocycles. The molecular formula is C22H21N5O2S. The number of hydrogen-bond donors (Lipinski definition) is 1. The van der Waals surface area contributed by atoms with Crippen molar-refractivity contribution in [1.29, 1.82) is 0 Å². The van der Waals surface area contributed by atoms with Crippen LogP contribution in [0.25, 0.3) is 16.4 Å². The van der Waals surface area contributed by atoms with Crippen molar-refractivity contribution in [2.45, 2.75) is 19.9 Å². The van der Waals surface area contributed by atoms with Crippen LogP contribution in [0.5, 0.6) is 5.75 Å². The highest BCUT2D eigenvalue weighted by Gasteiger charge is 2.12. The van der Waals surface area contributed by atoms with Crippen LogP contribution in [0, 0.1) is 0 Å². The Kier molecular flexibility index (Phi) is 6.14. The molecule has 3 heterocycles. The molecule has 1 aromatic carbocycles. The number of rotatable bonds is 8. The molecule has 0 spiro atoms. The van der Waals surface area contributed by atoms with Crippen LogP contribution < -0.4 is 10.1 Å². The molecule has 152 valence electrons. The number of hydrogen-bond acceptors (Lipinski definition) is 6. The minimum Gasteiger partial charge on any atom is -0.493 e. The van der Waals surface area contributed by atoms with Crippen LogP contribution in [0.2, 0.25) is 0 Å². The zero-order valence-corrected chi connectivity index (χ0v) is 17.3. The molecular weight excluding hydrogens is 398 g/mol. The van der Waals surface area contributed by atoms with E-state index in [0.717, 1.165) is 27.6 Å². The summed E-state index contributed by atoms with van der Waals surface area (Å²) in [6.45, 7) is 2.96. The van der Waals surface area contributed by atoms with Gasteiger partial charge in [-0.05, 0) is 42.8 Å². The van der Waals surface area contributed by atoms with Gasteiger partial charge in [-0.3, -0.25) is 4.79 Å². The minimum atomic E-state index is -0.0811. The Morgan fingerprint density at radius 1 is 1.20 bits per heavy atom. The second-order valence-electron chi connectivity index (χ2n) is 6.50. The van der Waals surface area contributed by atoms with E-state index in [4.69, 9.17) is 4.74 Å². The molecule has 0 aliphatic carbocycles. The Balaban J connectivity index is 1.37. The first-order valence-corrected chi connectivity index (χ1v) is 10.5. The maximum Gasteiger partial charge on any atom is 0.226 e. The third-order valence-corrected chi connectivity index (χ3v) is 5.27. The predicted octanol–water partition coefficient (Wildman–Crippen LogP) is 3.65. The second kappa shape index (κ2) is 9.32. The molecule has 30 heavy (non-hydrogen) atoms. The van der Waals surface area contributed by atoms with Crippen LogP contribution >= 0.6 is 11.3 Å². The SMILES string of the molecule is CCOc1ccccc1-c1nc(CC(=O)NCc2ccnc(-n3cccn3)c2)cs1. The average Bonchev–Trinajstić information content (AvgIpc) is 3.46. The lowest BCUT2D eigenvalue weighted by Crippen LogP contribution is -2.24. The number of aromatic nitrogens is 4. The number of ether oxygens (including phenoxy) is 1. The van der Waals surface area contributed by atoms with Gasteiger partial charge in [-0.2, -0.15) is 5.10 Å². The van der Waals surface area contributed by atoms with Crippen molar-refractivity contribution in [3.63, 3.8) is 0 Å². The molecule has 0 saturated heterocycles. The van der Waals surface area contributed by atoms with E-state index in [9.17, 15) is 4.79 Å². The molecule has 0 aliphatic rings. The average molecular weight is 420 g/mol. The Hall–Kier alpha value is -3.52. The van der Waals surface area contributed by atoms with Crippen molar-refractivity contribution in [2.24, 2.45) is 0 Å². The van der Waals surface area contributed by atoms with E-state index in [0.29, 0.717) is 19.0 Å². The number of nitrogens with one attached hydrogen (secondary N) is 1. The Bertz CT molecular complexity index is 1120. The summed E-state index contributed by atoms with van der Waals surface area (Å²) in [6, 6.07) is 13.4. The van der Waals surface area contributed by atoms with Crippen molar-refractivity contribution < 1.29 is 9.53 Å². The summed E-state index contributed by atoms with van der Waals surface area (Å²) in [7, 11) is 0. The highest BCUT2D eigenvalue weighted by atomic mass is 32.1. The fourth-order valence-electron chi connectivity index (χ4n) is 2.96. The minimum absolute atomic E-state index is 0.0811. The van der Waals surface area contributed by atoms with Crippen molar-refractivity contribution in [3.8, 4) is 22.1 Å². The van der Waals surface area contributed by atoms with Gasteiger partial charge in [-0.15, -0.1) is 11.3 Å². The van der Waals surface area contributed by atoms with Gasteiger partial charge in [0.25, 0.3) is 0 Å². The summed E-state index contributed by atoms with van der Waals surface area (Å²) in [4.78, 5) is 21.3. The summed E-state index contributed by atoms with van der Waals surface area (Å²) < 4.78 is 7.36. The largest absolute Gasteiger partial charge is 0.493 e. The van der Waals surface area contributed by atoms with E-state index in [1.807, 2.05) is 61.0 Å². The lowest BCUT2D eigenvalue weighted by Gasteiger charge is -2.07.